The van der Waals surface area contributed by atoms with Crippen LogP contribution < -0.4 is 0 Å². The molecule has 0 rings (SSSR count). The third-order valence-electron chi connectivity index (χ3n) is 1.23. The fourth-order valence-electron chi connectivity index (χ4n) is 0.353. The van der Waals surface area contributed by atoms with Crippen LogP contribution in [-0.4, -0.2) is 28.2 Å². The van der Waals surface area contributed by atoms with Gasteiger partial charge in [-0.25, -0.2) is 4.57 Å². The number of phosphoric ester groups is 1. The van der Waals surface area contributed by atoms with Crippen molar-refractivity contribution in [2.75, 3.05) is 18.4 Å². The lowest BCUT2D eigenvalue weighted by molar-refractivity contribution is 0.142. The molecule has 4 nitrogen and oxygen atoms in total. The second-order valence-corrected chi connectivity index (χ2v) is 4.62. The molecule has 0 heterocycles. The maximum absolute atomic E-state index is 10.3. The summed E-state index contributed by atoms with van der Waals surface area (Å²) in [6.07, 6.45) is 0. The van der Waals surface area contributed by atoms with Gasteiger partial charge in [0.25, 0.3) is 0 Å². The molecule has 0 radical (unpaired) electrons. The van der Waals surface area contributed by atoms with Crippen LogP contribution in [0.4, 0.5) is 0 Å². The number of phosphoric acid groups is 1. The minimum Gasteiger partial charge on any atom is -0.303 e. The predicted octanol–water partition coefficient (Wildman–Crippen LogP) is 1.58. The Morgan fingerprint density at radius 2 is 1.83 bits per heavy atom. The molecule has 0 aliphatic heterocycles. The Morgan fingerprint density at radius 3 is 2.08 bits per heavy atom. The molecule has 0 atom stereocenters. The first-order chi connectivity index (χ1) is 5.33. The molecule has 0 unspecified atom stereocenters. The maximum Gasteiger partial charge on any atom is 0.469 e. The van der Waals surface area contributed by atoms with E-state index in [0.717, 1.165) is 0 Å². The largest absolute Gasteiger partial charge is 0.469 e. The average molecular weight is 237 g/mol. The SMILES string of the molecule is CC(CCl)(CCl)COP(=O)(O)O. The van der Waals surface area contributed by atoms with E-state index in [4.69, 9.17) is 33.0 Å². The molecule has 0 fully saturated rings. The predicted molar refractivity (Wildman–Crippen MR) is 47.5 cm³/mol. The number of alkyl halides is 2. The van der Waals surface area contributed by atoms with Gasteiger partial charge in [-0.1, -0.05) is 6.92 Å². The van der Waals surface area contributed by atoms with E-state index in [2.05, 4.69) is 4.52 Å². The van der Waals surface area contributed by atoms with Crippen molar-refractivity contribution in [3.8, 4) is 0 Å². The highest BCUT2D eigenvalue weighted by molar-refractivity contribution is 7.46. The van der Waals surface area contributed by atoms with Crippen molar-refractivity contribution in [2.24, 2.45) is 5.41 Å². The first-order valence-corrected chi connectivity index (χ1v) is 5.75. The fourth-order valence-corrected chi connectivity index (χ4v) is 1.27. The van der Waals surface area contributed by atoms with Gasteiger partial charge in [-0.15, -0.1) is 23.2 Å². The summed E-state index contributed by atoms with van der Waals surface area (Å²) in [5, 5.41) is 0. The van der Waals surface area contributed by atoms with Crippen LogP contribution in [0.15, 0.2) is 0 Å². The number of rotatable bonds is 5. The van der Waals surface area contributed by atoms with Gasteiger partial charge in [-0.05, 0) is 0 Å². The summed E-state index contributed by atoms with van der Waals surface area (Å²) in [5.41, 5.74) is -0.593. The van der Waals surface area contributed by atoms with E-state index in [0.29, 0.717) is 0 Å². The molecule has 0 aliphatic carbocycles. The third kappa shape index (κ3) is 5.36. The molecule has 0 saturated carbocycles. The minimum absolute atomic E-state index is 0.149. The summed E-state index contributed by atoms with van der Waals surface area (Å²) < 4.78 is 14.6. The molecule has 74 valence electrons. The summed E-state index contributed by atoms with van der Waals surface area (Å²) in [6, 6.07) is 0. The van der Waals surface area contributed by atoms with E-state index >= 15 is 0 Å². The van der Waals surface area contributed by atoms with E-state index in [1.165, 1.54) is 0 Å². The molecule has 0 aromatic heterocycles. The molecule has 0 aromatic rings. The Balaban J connectivity index is 3.98. The Labute approximate surface area is 81.1 Å². The molecule has 0 bridgehead atoms. The second-order valence-electron chi connectivity index (χ2n) is 2.84. The van der Waals surface area contributed by atoms with Gasteiger partial charge in [0.15, 0.2) is 0 Å². The fraction of sp³-hybridized carbons (Fsp3) is 1.00. The van der Waals surface area contributed by atoms with E-state index in [9.17, 15) is 4.57 Å². The van der Waals surface area contributed by atoms with Crippen molar-refractivity contribution in [3.63, 3.8) is 0 Å². The van der Waals surface area contributed by atoms with Gasteiger partial charge in [0.05, 0.1) is 6.61 Å². The van der Waals surface area contributed by atoms with Crippen LogP contribution in [0.5, 0.6) is 0 Å². The zero-order valence-corrected chi connectivity index (χ0v) is 8.94. The number of hydrogen-bond donors (Lipinski definition) is 2. The average Bonchev–Trinajstić information content (AvgIpc) is 1.99. The van der Waals surface area contributed by atoms with Crippen molar-refractivity contribution in [1.82, 2.24) is 0 Å². The summed E-state index contributed by atoms with van der Waals surface area (Å²) in [7, 11) is -4.41. The lowest BCUT2D eigenvalue weighted by Crippen LogP contribution is -2.26. The normalized spacial score (nSPS) is 13.4. The molecular formula is C5H11Cl2O4P. The van der Waals surface area contributed by atoms with Gasteiger partial charge < -0.3 is 9.79 Å². The Morgan fingerprint density at radius 1 is 1.42 bits per heavy atom. The molecule has 0 aliphatic rings. The van der Waals surface area contributed by atoms with E-state index in [-0.39, 0.29) is 18.4 Å². The number of halogens is 2. The van der Waals surface area contributed by atoms with Crippen LogP contribution in [-0.2, 0) is 9.09 Å². The highest BCUT2D eigenvalue weighted by Crippen LogP contribution is 2.38. The van der Waals surface area contributed by atoms with Crippen LogP contribution >= 0.6 is 31.0 Å². The monoisotopic (exact) mass is 236 g/mol. The first-order valence-electron chi connectivity index (χ1n) is 3.15. The molecule has 0 saturated heterocycles. The zero-order chi connectivity index (χ0) is 9.83. The highest BCUT2D eigenvalue weighted by atomic mass is 35.5. The standard InChI is InChI=1S/C5H11Cl2O4P/c1-5(2-6,3-7)4-11-12(8,9)10/h2-4H2,1H3,(H2,8,9,10). The van der Waals surface area contributed by atoms with Crippen molar-refractivity contribution in [3.05, 3.63) is 0 Å². The first kappa shape index (κ1) is 12.7. The summed E-state index contributed by atoms with van der Waals surface area (Å²) in [4.78, 5) is 16.7. The molecular weight excluding hydrogens is 226 g/mol. The molecule has 2 N–H and O–H groups in total. The summed E-state index contributed by atoms with van der Waals surface area (Å²) in [6.45, 7) is 1.53. The van der Waals surface area contributed by atoms with E-state index in [1.807, 2.05) is 0 Å². The second kappa shape index (κ2) is 4.80. The van der Waals surface area contributed by atoms with Crippen molar-refractivity contribution in [1.29, 1.82) is 0 Å². The minimum atomic E-state index is -4.41. The van der Waals surface area contributed by atoms with Crippen molar-refractivity contribution >= 4 is 31.0 Å². The van der Waals surface area contributed by atoms with E-state index in [1.54, 1.807) is 6.92 Å². The Kier molecular flexibility index (Phi) is 5.07. The van der Waals surface area contributed by atoms with Gasteiger partial charge in [0.1, 0.15) is 0 Å². The molecule has 0 spiro atoms. The van der Waals surface area contributed by atoms with Crippen molar-refractivity contribution in [2.45, 2.75) is 6.92 Å². The summed E-state index contributed by atoms with van der Waals surface area (Å²) >= 11 is 11.0. The van der Waals surface area contributed by atoms with Gasteiger partial charge >= 0.3 is 7.82 Å². The van der Waals surface area contributed by atoms with Crippen LogP contribution in [0, 0.1) is 5.41 Å². The van der Waals surface area contributed by atoms with Crippen molar-refractivity contribution < 1.29 is 18.9 Å². The van der Waals surface area contributed by atoms with Gasteiger partial charge in [-0.3, -0.25) is 4.52 Å². The van der Waals surface area contributed by atoms with Crippen LogP contribution in [0.1, 0.15) is 6.92 Å². The van der Waals surface area contributed by atoms with E-state index < -0.39 is 13.2 Å². The molecule has 0 amide bonds. The summed E-state index contributed by atoms with van der Waals surface area (Å²) in [5.74, 6) is 0.382. The van der Waals surface area contributed by atoms with Crippen LogP contribution in [0.3, 0.4) is 0 Å². The quantitative estimate of drug-likeness (QED) is 0.562. The lowest BCUT2D eigenvalue weighted by Gasteiger charge is -2.23. The van der Waals surface area contributed by atoms with Gasteiger partial charge in [-0.2, -0.15) is 0 Å². The van der Waals surface area contributed by atoms with Gasteiger partial charge in [0.2, 0.25) is 0 Å². The number of hydrogen-bond acceptors (Lipinski definition) is 2. The molecule has 7 heteroatoms. The topological polar surface area (TPSA) is 66.8 Å². The molecule has 0 aromatic carbocycles. The highest BCUT2D eigenvalue weighted by Gasteiger charge is 2.26. The lowest BCUT2D eigenvalue weighted by atomic mass is 9.98. The van der Waals surface area contributed by atoms with Crippen LogP contribution in [0.25, 0.3) is 0 Å². The van der Waals surface area contributed by atoms with Crippen LogP contribution in [0.2, 0.25) is 0 Å². The Hall–Kier alpha value is 0.690. The third-order valence-corrected chi connectivity index (χ3v) is 2.98. The maximum atomic E-state index is 10.3. The molecule has 12 heavy (non-hydrogen) atoms. The zero-order valence-electron chi connectivity index (χ0n) is 6.54. The smallest absolute Gasteiger partial charge is 0.303 e. The Bertz CT molecular complexity index is 176. The van der Waals surface area contributed by atoms with Gasteiger partial charge in [0, 0.05) is 17.2 Å².